The summed E-state index contributed by atoms with van der Waals surface area (Å²) >= 11 is 0. The molecule has 0 heterocycles. The fraction of sp³-hybridized carbons (Fsp3) is 0.588. The van der Waals surface area contributed by atoms with Crippen LogP contribution >= 0.6 is 0 Å². The van der Waals surface area contributed by atoms with Crippen LogP contribution in [-0.4, -0.2) is 69.1 Å². The lowest BCUT2D eigenvalue weighted by Crippen LogP contribution is -2.29. The van der Waals surface area contributed by atoms with Gasteiger partial charge in [-0.25, -0.2) is 0 Å². The van der Waals surface area contributed by atoms with Crippen molar-refractivity contribution in [1.29, 1.82) is 0 Å². The maximum Gasteiger partial charge on any atom is 0.303 e. The van der Waals surface area contributed by atoms with Gasteiger partial charge in [0.1, 0.15) is 6.10 Å². The van der Waals surface area contributed by atoms with E-state index in [4.69, 9.17) is 4.74 Å². The maximum atomic E-state index is 11.5. The smallest absolute Gasteiger partial charge is 0.303 e. The molecular weight excluding hydrogens is 278 g/mol. The van der Waals surface area contributed by atoms with Crippen molar-refractivity contribution in [3.05, 3.63) is 35.3 Å². The molecule has 0 aromatic heterocycles. The minimum absolute atomic E-state index is 0.251. The summed E-state index contributed by atoms with van der Waals surface area (Å²) in [6.07, 6.45) is 7.62. The SMILES string of the molecule is CC(=O)OC1C(=CN(C)C)CC(=CN(C)C)CC1=CN(C)C. The highest BCUT2D eigenvalue weighted by Crippen LogP contribution is 2.35. The fourth-order valence-electron chi connectivity index (χ4n) is 2.67. The normalized spacial score (nSPS) is 21.8. The molecule has 0 atom stereocenters. The first-order valence-corrected chi connectivity index (χ1v) is 7.46. The summed E-state index contributed by atoms with van der Waals surface area (Å²) in [7, 11) is 12.0. The number of carbonyl (C=O) groups is 1. The number of esters is 1. The second-order valence-electron chi connectivity index (χ2n) is 6.43. The van der Waals surface area contributed by atoms with Crippen molar-refractivity contribution in [1.82, 2.24) is 14.7 Å². The Morgan fingerprint density at radius 2 is 1.32 bits per heavy atom. The zero-order valence-corrected chi connectivity index (χ0v) is 14.9. The largest absolute Gasteiger partial charge is 0.453 e. The molecule has 0 aromatic rings. The Labute approximate surface area is 134 Å². The number of nitrogens with zero attached hydrogens (tertiary/aromatic N) is 3. The van der Waals surface area contributed by atoms with E-state index in [0.29, 0.717) is 0 Å². The fourth-order valence-corrected chi connectivity index (χ4v) is 2.67. The number of carbonyl (C=O) groups excluding carboxylic acids is 1. The van der Waals surface area contributed by atoms with Crippen LogP contribution in [0.25, 0.3) is 0 Å². The van der Waals surface area contributed by atoms with Gasteiger partial charge in [0, 0.05) is 61.6 Å². The number of ether oxygens (including phenoxy) is 1. The Bertz CT molecular complexity index is 458. The van der Waals surface area contributed by atoms with E-state index in [1.54, 1.807) is 0 Å². The molecule has 124 valence electrons. The molecule has 0 bridgehead atoms. The van der Waals surface area contributed by atoms with Gasteiger partial charge >= 0.3 is 5.97 Å². The van der Waals surface area contributed by atoms with Gasteiger partial charge in [0.15, 0.2) is 0 Å². The monoisotopic (exact) mass is 307 g/mol. The molecule has 0 spiro atoms. The standard InChI is InChI=1S/C17H29N3O2/c1-13(21)22-17-15(11-19(4)5)8-14(10-18(2)3)9-16(17)12-20(6)7/h10-12,17H,8-9H2,1-7H3. The Kier molecular flexibility index (Phi) is 6.53. The molecule has 5 nitrogen and oxygen atoms in total. The Hall–Kier alpha value is -1.91. The molecule has 22 heavy (non-hydrogen) atoms. The van der Waals surface area contributed by atoms with Gasteiger partial charge in [-0.05, 0) is 35.8 Å². The lowest BCUT2D eigenvalue weighted by atomic mass is 9.84. The van der Waals surface area contributed by atoms with Crippen LogP contribution in [0.1, 0.15) is 19.8 Å². The quantitative estimate of drug-likeness (QED) is 0.743. The minimum Gasteiger partial charge on any atom is -0.453 e. The van der Waals surface area contributed by atoms with E-state index in [9.17, 15) is 4.79 Å². The summed E-state index contributed by atoms with van der Waals surface area (Å²) in [6, 6.07) is 0. The van der Waals surface area contributed by atoms with E-state index in [2.05, 4.69) is 23.5 Å². The third-order valence-electron chi connectivity index (χ3n) is 3.11. The summed E-state index contributed by atoms with van der Waals surface area (Å²) in [6.45, 7) is 1.46. The van der Waals surface area contributed by atoms with Crippen LogP contribution in [0.3, 0.4) is 0 Å². The minimum atomic E-state index is -0.276. The topological polar surface area (TPSA) is 36.0 Å². The molecule has 1 saturated carbocycles. The number of hydrogen-bond donors (Lipinski definition) is 0. The molecule has 0 unspecified atom stereocenters. The van der Waals surface area contributed by atoms with E-state index < -0.39 is 0 Å². The van der Waals surface area contributed by atoms with Gasteiger partial charge in [0.25, 0.3) is 0 Å². The number of allylic oxidation sites excluding steroid dienone is 1. The Balaban J connectivity index is 3.25. The zero-order chi connectivity index (χ0) is 16.9. The van der Waals surface area contributed by atoms with Gasteiger partial charge in [-0.15, -0.1) is 0 Å². The van der Waals surface area contributed by atoms with Gasteiger partial charge in [0.2, 0.25) is 0 Å². The Morgan fingerprint density at radius 1 is 0.909 bits per heavy atom. The van der Waals surface area contributed by atoms with Crippen molar-refractivity contribution < 1.29 is 9.53 Å². The van der Waals surface area contributed by atoms with Crippen LogP contribution < -0.4 is 0 Å². The third kappa shape index (κ3) is 5.84. The third-order valence-corrected chi connectivity index (χ3v) is 3.11. The summed E-state index contributed by atoms with van der Waals surface area (Å²) in [4.78, 5) is 17.6. The molecule has 0 saturated heterocycles. The summed E-state index contributed by atoms with van der Waals surface area (Å²) in [5, 5.41) is 0. The number of rotatable bonds is 4. The number of hydrogen-bond acceptors (Lipinski definition) is 5. The molecule has 1 fully saturated rings. The van der Waals surface area contributed by atoms with Crippen molar-refractivity contribution in [2.75, 3.05) is 42.3 Å². The van der Waals surface area contributed by atoms with Crippen molar-refractivity contribution >= 4 is 5.97 Å². The van der Waals surface area contributed by atoms with Gasteiger partial charge < -0.3 is 19.4 Å². The van der Waals surface area contributed by atoms with E-state index in [1.807, 2.05) is 52.1 Å². The molecule has 1 rings (SSSR count). The molecule has 0 aliphatic heterocycles. The summed E-state index contributed by atoms with van der Waals surface area (Å²) < 4.78 is 5.60. The van der Waals surface area contributed by atoms with Crippen LogP contribution in [0.15, 0.2) is 35.3 Å². The van der Waals surface area contributed by atoms with E-state index >= 15 is 0 Å². The summed E-state index contributed by atoms with van der Waals surface area (Å²) in [5.74, 6) is -0.251. The van der Waals surface area contributed by atoms with Gasteiger partial charge in [-0.3, -0.25) is 4.79 Å². The molecule has 0 aromatic carbocycles. The van der Waals surface area contributed by atoms with Crippen molar-refractivity contribution in [3.63, 3.8) is 0 Å². The lowest BCUT2D eigenvalue weighted by Gasteiger charge is -2.32. The van der Waals surface area contributed by atoms with Gasteiger partial charge in [-0.1, -0.05) is 0 Å². The average molecular weight is 307 g/mol. The van der Waals surface area contributed by atoms with Crippen molar-refractivity contribution in [3.8, 4) is 0 Å². The molecule has 0 radical (unpaired) electrons. The van der Waals surface area contributed by atoms with Crippen LogP contribution in [0.2, 0.25) is 0 Å². The average Bonchev–Trinajstić information content (AvgIpc) is 2.30. The molecule has 1 aliphatic carbocycles. The molecule has 0 N–H and O–H groups in total. The zero-order valence-electron chi connectivity index (χ0n) is 14.9. The van der Waals surface area contributed by atoms with E-state index in [0.717, 1.165) is 24.0 Å². The Morgan fingerprint density at radius 3 is 1.64 bits per heavy atom. The highest BCUT2D eigenvalue weighted by molar-refractivity contribution is 5.67. The van der Waals surface area contributed by atoms with Crippen LogP contribution in [0.5, 0.6) is 0 Å². The van der Waals surface area contributed by atoms with Crippen LogP contribution in [0, 0.1) is 0 Å². The molecular formula is C17H29N3O2. The van der Waals surface area contributed by atoms with Gasteiger partial charge in [-0.2, -0.15) is 0 Å². The van der Waals surface area contributed by atoms with Crippen LogP contribution in [0.4, 0.5) is 0 Å². The highest BCUT2D eigenvalue weighted by atomic mass is 16.5. The molecule has 5 heteroatoms. The first-order valence-electron chi connectivity index (χ1n) is 7.46. The second kappa shape index (κ2) is 7.92. The van der Waals surface area contributed by atoms with Gasteiger partial charge in [0.05, 0.1) is 0 Å². The predicted octanol–water partition coefficient (Wildman–Crippen LogP) is 2.05. The van der Waals surface area contributed by atoms with Crippen LogP contribution in [-0.2, 0) is 9.53 Å². The molecule has 1 aliphatic rings. The lowest BCUT2D eigenvalue weighted by molar-refractivity contribution is -0.143. The first-order chi connectivity index (χ1) is 10.2. The van der Waals surface area contributed by atoms with E-state index in [-0.39, 0.29) is 12.1 Å². The van der Waals surface area contributed by atoms with E-state index in [1.165, 1.54) is 12.5 Å². The predicted molar refractivity (Wildman–Crippen MR) is 90.1 cm³/mol. The second-order valence-corrected chi connectivity index (χ2v) is 6.43. The highest BCUT2D eigenvalue weighted by Gasteiger charge is 2.29. The van der Waals surface area contributed by atoms with Crippen molar-refractivity contribution in [2.24, 2.45) is 0 Å². The maximum absolute atomic E-state index is 11.5. The van der Waals surface area contributed by atoms with Crippen molar-refractivity contribution in [2.45, 2.75) is 25.9 Å². The first kappa shape index (κ1) is 18.1. The molecule has 0 amide bonds. The summed E-state index contributed by atoms with van der Waals surface area (Å²) in [5.41, 5.74) is 3.52.